The lowest BCUT2D eigenvalue weighted by atomic mass is 9.87. The van der Waals surface area contributed by atoms with Crippen LogP contribution in [-0.2, 0) is 6.42 Å². The Morgan fingerprint density at radius 1 is 1.05 bits per heavy atom. The molecule has 1 heterocycles. The molecule has 20 heavy (non-hydrogen) atoms. The molecule has 2 heteroatoms. The Kier molecular flexibility index (Phi) is 5.24. The van der Waals surface area contributed by atoms with Crippen molar-refractivity contribution in [3.05, 3.63) is 35.6 Å². The molecule has 1 aromatic heterocycles. The van der Waals surface area contributed by atoms with Crippen molar-refractivity contribution in [2.75, 3.05) is 6.54 Å². The fourth-order valence-corrected chi connectivity index (χ4v) is 3.20. The van der Waals surface area contributed by atoms with Gasteiger partial charge in [-0.15, -0.1) is 0 Å². The van der Waals surface area contributed by atoms with Crippen LogP contribution in [0.4, 0.5) is 0 Å². The summed E-state index contributed by atoms with van der Waals surface area (Å²) in [5, 5.41) is 4.97. The van der Waals surface area contributed by atoms with Crippen molar-refractivity contribution in [2.24, 2.45) is 5.92 Å². The second kappa shape index (κ2) is 6.94. The highest BCUT2D eigenvalue weighted by molar-refractivity contribution is 5.82. The Hall–Kier alpha value is -1.28. The number of fused-ring (bicyclic) bond motifs is 1. The molecule has 0 fully saturated rings. The Labute approximate surface area is 122 Å². The molecule has 0 spiro atoms. The van der Waals surface area contributed by atoms with Crippen LogP contribution in [-0.4, -0.2) is 6.54 Å². The number of hydrogen-bond acceptors (Lipinski definition) is 2. The first kappa shape index (κ1) is 15.1. The average Bonchev–Trinajstić information content (AvgIpc) is 2.85. The number of para-hydroxylation sites is 1. The number of hydrogen-bond donors (Lipinski definition) is 1. The van der Waals surface area contributed by atoms with E-state index in [1.54, 1.807) is 0 Å². The summed E-state index contributed by atoms with van der Waals surface area (Å²) in [5.41, 5.74) is 2.41. The molecular weight excluding hydrogens is 246 g/mol. The number of furan rings is 1. The van der Waals surface area contributed by atoms with E-state index in [0.717, 1.165) is 24.3 Å². The van der Waals surface area contributed by atoms with Crippen molar-refractivity contribution in [2.45, 2.75) is 53.0 Å². The van der Waals surface area contributed by atoms with Crippen LogP contribution in [0.5, 0.6) is 0 Å². The minimum absolute atomic E-state index is 0.397. The standard InChI is InChI=1S/C18H27NO/c1-5-13(6-2)18(19-8-4)17-14-11-9-10-12-16(14)20-15(17)7-3/h9-13,18-19H,5-8H2,1-4H3. The van der Waals surface area contributed by atoms with Crippen molar-refractivity contribution in [3.8, 4) is 0 Å². The second-order valence-electron chi connectivity index (χ2n) is 5.40. The minimum atomic E-state index is 0.397. The van der Waals surface area contributed by atoms with Gasteiger partial charge in [-0.25, -0.2) is 0 Å². The van der Waals surface area contributed by atoms with Crippen LogP contribution >= 0.6 is 0 Å². The monoisotopic (exact) mass is 273 g/mol. The third-order valence-corrected chi connectivity index (χ3v) is 4.29. The Bertz CT molecular complexity index is 539. The summed E-state index contributed by atoms with van der Waals surface area (Å²) in [6.45, 7) is 9.92. The van der Waals surface area contributed by atoms with E-state index >= 15 is 0 Å². The highest BCUT2D eigenvalue weighted by atomic mass is 16.3. The van der Waals surface area contributed by atoms with Gasteiger partial charge in [0, 0.05) is 23.4 Å². The van der Waals surface area contributed by atoms with Gasteiger partial charge >= 0.3 is 0 Å². The molecule has 2 nitrogen and oxygen atoms in total. The summed E-state index contributed by atoms with van der Waals surface area (Å²) in [4.78, 5) is 0. The first-order valence-corrected chi connectivity index (χ1v) is 8.00. The van der Waals surface area contributed by atoms with E-state index in [4.69, 9.17) is 4.42 Å². The molecule has 0 amide bonds. The van der Waals surface area contributed by atoms with E-state index in [9.17, 15) is 0 Å². The predicted molar refractivity (Wildman–Crippen MR) is 86.1 cm³/mol. The van der Waals surface area contributed by atoms with E-state index in [1.807, 2.05) is 0 Å². The summed E-state index contributed by atoms with van der Waals surface area (Å²) in [6, 6.07) is 8.83. The summed E-state index contributed by atoms with van der Waals surface area (Å²) in [7, 11) is 0. The maximum atomic E-state index is 6.07. The first-order chi connectivity index (χ1) is 9.76. The zero-order chi connectivity index (χ0) is 14.5. The minimum Gasteiger partial charge on any atom is -0.461 e. The maximum Gasteiger partial charge on any atom is 0.134 e. The lowest BCUT2D eigenvalue weighted by molar-refractivity contribution is 0.342. The van der Waals surface area contributed by atoms with Gasteiger partial charge in [-0.1, -0.05) is 58.7 Å². The SMILES string of the molecule is CCNC(c1c(CC)oc2ccccc12)C(CC)CC. The van der Waals surface area contributed by atoms with Crippen LogP contribution in [0.15, 0.2) is 28.7 Å². The fraction of sp³-hybridized carbons (Fsp3) is 0.556. The van der Waals surface area contributed by atoms with Crippen LogP contribution in [0.25, 0.3) is 11.0 Å². The first-order valence-electron chi connectivity index (χ1n) is 8.00. The molecule has 0 aliphatic heterocycles. The van der Waals surface area contributed by atoms with Crippen molar-refractivity contribution >= 4 is 11.0 Å². The molecule has 1 N–H and O–H groups in total. The zero-order valence-electron chi connectivity index (χ0n) is 13.2. The lowest BCUT2D eigenvalue weighted by Gasteiger charge is -2.26. The molecule has 0 aliphatic rings. The molecule has 0 saturated heterocycles. The molecule has 0 saturated carbocycles. The summed E-state index contributed by atoms with van der Waals surface area (Å²) in [6.07, 6.45) is 3.33. The van der Waals surface area contributed by atoms with Crippen LogP contribution < -0.4 is 5.32 Å². The molecule has 0 radical (unpaired) electrons. The van der Waals surface area contributed by atoms with Gasteiger partial charge in [0.15, 0.2) is 0 Å². The molecule has 0 aliphatic carbocycles. The molecule has 1 aromatic carbocycles. The van der Waals surface area contributed by atoms with Crippen LogP contribution in [0, 0.1) is 5.92 Å². The van der Waals surface area contributed by atoms with Crippen molar-refractivity contribution < 1.29 is 4.42 Å². The lowest BCUT2D eigenvalue weighted by Crippen LogP contribution is -2.28. The molecule has 1 unspecified atom stereocenters. The van der Waals surface area contributed by atoms with E-state index in [0.29, 0.717) is 12.0 Å². The summed E-state index contributed by atoms with van der Waals surface area (Å²) < 4.78 is 6.07. The number of aryl methyl sites for hydroxylation is 1. The van der Waals surface area contributed by atoms with Gasteiger partial charge in [0.2, 0.25) is 0 Å². The Morgan fingerprint density at radius 3 is 2.35 bits per heavy atom. The largest absolute Gasteiger partial charge is 0.461 e. The maximum absolute atomic E-state index is 6.07. The van der Waals surface area contributed by atoms with Gasteiger partial charge in [-0.05, 0) is 18.5 Å². The normalized spacial score (nSPS) is 13.2. The number of nitrogens with one attached hydrogen (secondary N) is 1. The van der Waals surface area contributed by atoms with Gasteiger partial charge in [-0.3, -0.25) is 0 Å². The fourth-order valence-electron chi connectivity index (χ4n) is 3.20. The van der Waals surface area contributed by atoms with Crippen molar-refractivity contribution in [3.63, 3.8) is 0 Å². The quantitative estimate of drug-likeness (QED) is 0.760. The molecular formula is C18H27NO. The third-order valence-electron chi connectivity index (χ3n) is 4.29. The van der Waals surface area contributed by atoms with Crippen LogP contribution in [0.3, 0.4) is 0 Å². The highest BCUT2D eigenvalue weighted by Crippen LogP contribution is 2.36. The molecule has 1 atom stereocenters. The van der Waals surface area contributed by atoms with E-state index in [1.165, 1.54) is 23.8 Å². The van der Waals surface area contributed by atoms with Crippen LogP contribution in [0.2, 0.25) is 0 Å². The van der Waals surface area contributed by atoms with Crippen molar-refractivity contribution in [1.29, 1.82) is 0 Å². The third kappa shape index (κ3) is 2.76. The van der Waals surface area contributed by atoms with E-state index < -0.39 is 0 Å². The van der Waals surface area contributed by atoms with E-state index in [2.05, 4.69) is 57.3 Å². The smallest absolute Gasteiger partial charge is 0.134 e. The zero-order valence-corrected chi connectivity index (χ0v) is 13.2. The van der Waals surface area contributed by atoms with Gasteiger partial charge in [0.25, 0.3) is 0 Å². The average molecular weight is 273 g/mol. The van der Waals surface area contributed by atoms with Gasteiger partial charge in [0.05, 0.1) is 0 Å². The van der Waals surface area contributed by atoms with Gasteiger partial charge in [0.1, 0.15) is 11.3 Å². The number of rotatable bonds is 7. The molecule has 110 valence electrons. The van der Waals surface area contributed by atoms with Crippen LogP contribution in [0.1, 0.15) is 57.9 Å². The van der Waals surface area contributed by atoms with Gasteiger partial charge < -0.3 is 9.73 Å². The highest BCUT2D eigenvalue weighted by Gasteiger charge is 2.26. The summed E-state index contributed by atoms with van der Waals surface area (Å²) in [5.74, 6) is 1.80. The second-order valence-corrected chi connectivity index (χ2v) is 5.40. The molecule has 2 aromatic rings. The molecule has 2 rings (SSSR count). The Balaban J connectivity index is 2.56. The van der Waals surface area contributed by atoms with Gasteiger partial charge in [-0.2, -0.15) is 0 Å². The van der Waals surface area contributed by atoms with Crippen molar-refractivity contribution in [1.82, 2.24) is 5.32 Å². The summed E-state index contributed by atoms with van der Waals surface area (Å²) >= 11 is 0. The molecule has 0 bridgehead atoms. The topological polar surface area (TPSA) is 25.2 Å². The van der Waals surface area contributed by atoms with E-state index in [-0.39, 0.29) is 0 Å². The Morgan fingerprint density at radius 2 is 1.75 bits per heavy atom. The predicted octanol–water partition coefficient (Wildman–Crippen LogP) is 5.08. The number of benzene rings is 1.